The van der Waals surface area contributed by atoms with Gasteiger partial charge in [-0.2, -0.15) is 0 Å². The lowest BCUT2D eigenvalue weighted by atomic mass is 10.0. The lowest BCUT2D eigenvalue weighted by Gasteiger charge is -2.27. The van der Waals surface area contributed by atoms with E-state index in [1.165, 1.54) is 12.1 Å². The number of halogens is 1. The lowest BCUT2D eigenvalue weighted by molar-refractivity contribution is -0.143. The lowest BCUT2D eigenvalue weighted by Crippen LogP contribution is -2.37. The molecule has 10 heteroatoms. The van der Waals surface area contributed by atoms with Gasteiger partial charge in [0, 0.05) is 62.3 Å². The number of fused-ring (bicyclic) bond motifs is 1. The molecule has 2 aromatic heterocycles. The Morgan fingerprint density at radius 3 is 2.59 bits per heavy atom. The van der Waals surface area contributed by atoms with Crippen LogP contribution in [0.25, 0.3) is 10.9 Å². The first-order chi connectivity index (χ1) is 15.4. The molecular formula is C22H24FN5O4. The summed E-state index contributed by atoms with van der Waals surface area (Å²) < 4.78 is 15.5. The molecule has 1 atom stereocenters. The minimum Gasteiger partial charge on any atom is -0.481 e. The van der Waals surface area contributed by atoms with Crippen LogP contribution in [-0.4, -0.2) is 67.8 Å². The fourth-order valence-corrected chi connectivity index (χ4v) is 4.25. The number of rotatable bonds is 7. The highest BCUT2D eigenvalue weighted by molar-refractivity contribution is 5.90. The summed E-state index contributed by atoms with van der Waals surface area (Å²) in [7, 11) is 0. The Hall–Kier alpha value is -3.53. The molecule has 3 aromatic rings. The molecule has 1 aliphatic rings. The van der Waals surface area contributed by atoms with Crippen LogP contribution in [0.4, 0.5) is 10.3 Å². The van der Waals surface area contributed by atoms with Gasteiger partial charge in [0.1, 0.15) is 11.9 Å². The molecule has 0 amide bonds. The third kappa shape index (κ3) is 4.54. The van der Waals surface area contributed by atoms with Gasteiger partial charge in [0.25, 0.3) is 0 Å². The molecule has 0 aliphatic carbocycles. The van der Waals surface area contributed by atoms with E-state index in [1.807, 2.05) is 9.80 Å². The van der Waals surface area contributed by atoms with Crippen molar-refractivity contribution in [2.24, 2.45) is 0 Å². The molecular weight excluding hydrogens is 417 g/mol. The first-order valence-electron chi connectivity index (χ1n) is 10.4. The van der Waals surface area contributed by atoms with Gasteiger partial charge in [0.15, 0.2) is 0 Å². The number of carboxylic acids is 2. The molecule has 0 unspecified atom stereocenters. The second-order valence-corrected chi connectivity index (χ2v) is 7.75. The monoisotopic (exact) mass is 441 g/mol. The van der Waals surface area contributed by atoms with Crippen molar-refractivity contribution in [2.75, 3.05) is 31.1 Å². The van der Waals surface area contributed by atoms with Crippen LogP contribution in [-0.2, 0) is 16.1 Å². The third-order valence-electron chi connectivity index (χ3n) is 5.70. The predicted octanol–water partition coefficient (Wildman–Crippen LogP) is 2.38. The minimum atomic E-state index is -1.00. The van der Waals surface area contributed by atoms with E-state index in [-0.39, 0.29) is 13.0 Å². The van der Waals surface area contributed by atoms with Crippen molar-refractivity contribution < 1.29 is 24.2 Å². The minimum absolute atomic E-state index is 0.126. The Morgan fingerprint density at radius 2 is 1.88 bits per heavy atom. The van der Waals surface area contributed by atoms with E-state index in [9.17, 15) is 19.1 Å². The normalized spacial score (nSPS) is 16.1. The molecule has 3 heterocycles. The summed E-state index contributed by atoms with van der Waals surface area (Å²) in [6.07, 6.45) is 5.59. The smallest absolute Gasteiger partial charge is 0.325 e. The molecule has 32 heavy (non-hydrogen) atoms. The van der Waals surface area contributed by atoms with Crippen LogP contribution in [0, 0.1) is 5.82 Å². The molecule has 1 aromatic carbocycles. The molecule has 168 valence electrons. The molecule has 9 nitrogen and oxygen atoms in total. The highest BCUT2D eigenvalue weighted by Crippen LogP contribution is 2.32. The van der Waals surface area contributed by atoms with E-state index in [2.05, 4.69) is 9.97 Å². The number of nitrogens with zero attached hydrogens (tertiary/aromatic N) is 5. The van der Waals surface area contributed by atoms with Gasteiger partial charge in [-0.05, 0) is 30.7 Å². The van der Waals surface area contributed by atoms with E-state index < -0.39 is 23.8 Å². The topological polar surface area (TPSA) is 112 Å². The van der Waals surface area contributed by atoms with Gasteiger partial charge in [0.2, 0.25) is 5.95 Å². The number of carbonyl (C=O) groups is 2. The Labute approximate surface area is 183 Å². The number of hydrogen-bond acceptors (Lipinski definition) is 6. The average Bonchev–Trinajstić information content (AvgIpc) is 2.94. The summed E-state index contributed by atoms with van der Waals surface area (Å²) in [4.78, 5) is 35.9. The zero-order chi connectivity index (χ0) is 22.7. The zero-order valence-corrected chi connectivity index (χ0v) is 17.4. The SMILES string of the molecule is O=C(O)CCn1cc([C@H](C(=O)O)N2CCCN(c3ncccn3)CC2)c2ccc(F)cc21. The summed E-state index contributed by atoms with van der Waals surface area (Å²) in [6.45, 7) is 2.45. The largest absolute Gasteiger partial charge is 0.481 e. The first kappa shape index (κ1) is 21.7. The summed E-state index contributed by atoms with van der Waals surface area (Å²) in [5.41, 5.74) is 1.02. The maximum absolute atomic E-state index is 13.9. The maximum Gasteiger partial charge on any atom is 0.325 e. The van der Waals surface area contributed by atoms with E-state index in [4.69, 9.17) is 5.11 Å². The summed E-state index contributed by atoms with van der Waals surface area (Å²) in [6, 6.07) is 4.98. The summed E-state index contributed by atoms with van der Waals surface area (Å²) in [5, 5.41) is 19.8. The van der Waals surface area contributed by atoms with Crippen LogP contribution >= 0.6 is 0 Å². The Balaban J connectivity index is 1.65. The molecule has 4 rings (SSSR count). The second-order valence-electron chi connectivity index (χ2n) is 7.75. The predicted molar refractivity (Wildman–Crippen MR) is 115 cm³/mol. The second kappa shape index (κ2) is 9.31. The fraction of sp³-hybridized carbons (Fsp3) is 0.364. The Bertz CT molecular complexity index is 1120. The summed E-state index contributed by atoms with van der Waals surface area (Å²) in [5.74, 6) is -1.83. The van der Waals surface area contributed by atoms with Crippen LogP contribution in [0.2, 0.25) is 0 Å². The van der Waals surface area contributed by atoms with Crippen LogP contribution in [0.15, 0.2) is 42.9 Å². The van der Waals surface area contributed by atoms with Gasteiger partial charge in [-0.3, -0.25) is 14.5 Å². The molecule has 0 spiro atoms. The average molecular weight is 441 g/mol. The van der Waals surface area contributed by atoms with E-state index in [0.29, 0.717) is 48.6 Å². The van der Waals surface area contributed by atoms with E-state index in [1.54, 1.807) is 35.3 Å². The zero-order valence-electron chi connectivity index (χ0n) is 17.4. The van der Waals surface area contributed by atoms with E-state index in [0.717, 1.165) is 6.42 Å². The standard InChI is InChI=1S/C22H24FN5O4/c23-15-3-4-16-17(14-28(18(16)13-15)10-5-19(29)30)20(21(31)32)26-8-2-9-27(12-11-26)22-24-6-1-7-25-22/h1,3-4,6-7,13-14,20H,2,5,8-12H2,(H,29,30)(H,31,32)/t20-/m1/s1. The van der Waals surface area contributed by atoms with Crippen LogP contribution < -0.4 is 4.90 Å². The van der Waals surface area contributed by atoms with Gasteiger partial charge < -0.3 is 19.7 Å². The number of benzene rings is 1. The van der Waals surface area contributed by atoms with Crippen molar-refractivity contribution in [2.45, 2.75) is 25.4 Å². The van der Waals surface area contributed by atoms with Gasteiger partial charge >= 0.3 is 11.9 Å². The highest BCUT2D eigenvalue weighted by atomic mass is 19.1. The molecule has 1 fully saturated rings. The Morgan fingerprint density at radius 1 is 1.09 bits per heavy atom. The Kier molecular flexibility index (Phi) is 6.31. The number of carboxylic acid groups (broad SMARTS) is 2. The number of aliphatic carboxylic acids is 2. The highest BCUT2D eigenvalue weighted by Gasteiger charge is 2.32. The molecule has 2 N–H and O–H groups in total. The van der Waals surface area contributed by atoms with Crippen LogP contribution in [0.3, 0.4) is 0 Å². The van der Waals surface area contributed by atoms with Gasteiger partial charge in [-0.1, -0.05) is 0 Å². The van der Waals surface area contributed by atoms with E-state index >= 15 is 0 Å². The quantitative estimate of drug-likeness (QED) is 0.575. The molecule has 1 aliphatic heterocycles. The number of anilines is 1. The van der Waals surface area contributed by atoms with Gasteiger partial charge in [-0.25, -0.2) is 14.4 Å². The van der Waals surface area contributed by atoms with Crippen molar-refractivity contribution in [3.05, 3.63) is 54.2 Å². The van der Waals surface area contributed by atoms with Crippen LogP contribution in [0.5, 0.6) is 0 Å². The number of aromatic nitrogens is 3. The number of hydrogen-bond donors (Lipinski definition) is 2. The van der Waals surface area contributed by atoms with Crippen molar-refractivity contribution >= 4 is 28.8 Å². The van der Waals surface area contributed by atoms with Gasteiger partial charge in [0.05, 0.1) is 11.9 Å². The maximum atomic E-state index is 13.9. The van der Waals surface area contributed by atoms with Crippen LogP contribution in [0.1, 0.15) is 24.4 Å². The molecule has 1 saturated heterocycles. The van der Waals surface area contributed by atoms with Crippen molar-refractivity contribution in [3.8, 4) is 0 Å². The third-order valence-corrected chi connectivity index (χ3v) is 5.70. The number of aryl methyl sites for hydroxylation is 1. The van der Waals surface area contributed by atoms with Crippen molar-refractivity contribution in [1.29, 1.82) is 0 Å². The van der Waals surface area contributed by atoms with Gasteiger partial charge in [-0.15, -0.1) is 0 Å². The molecule has 0 radical (unpaired) electrons. The summed E-state index contributed by atoms with van der Waals surface area (Å²) >= 11 is 0. The van der Waals surface area contributed by atoms with Crippen molar-refractivity contribution in [1.82, 2.24) is 19.4 Å². The van der Waals surface area contributed by atoms with Crippen molar-refractivity contribution in [3.63, 3.8) is 0 Å². The molecule has 0 bridgehead atoms. The molecule has 0 saturated carbocycles. The first-order valence-corrected chi connectivity index (χ1v) is 10.4. The fourth-order valence-electron chi connectivity index (χ4n) is 4.25.